The molecule has 0 radical (unpaired) electrons. The predicted octanol–water partition coefficient (Wildman–Crippen LogP) is -2.47. The third-order valence-corrected chi connectivity index (χ3v) is 0.406. The van der Waals surface area contributed by atoms with E-state index in [2.05, 4.69) is 5.73 Å². The standard InChI is InChI=1S/C3H6N2O3.Na.H/c4-3(8)5-2(7)1-6;;/h6H,1H2,(H3,4,5,7,8);;. The zero-order valence-electron chi connectivity index (χ0n) is 4.05. The van der Waals surface area contributed by atoms with Gasteiger partial charge in [0.1, 0.15) is 6.61 Å². The Labute approximate surface area is 73.9 Å². The van der Waals surface area contributed by atoms with Crippen LogP contribution in [-0.4, -0.2) is 53.2 Å². The van der Waals surface area contributed by atoms with E-state index in [0.717, 1.165) is 0 Å². The summed E-state index contributed by atoms with van der Waals surface area (Å²) >= 11 is 0. The number of amides is 3. The van der Waals surface area contributed by atoms with Gasteiger partial charge in [-0.05, 0) is 0 Å². The molecule has 0 spiro atoms. The number of hydrogen-bond donors (Lipinski definition) is 3. The maximum atomic E-state index is 9.96. The van der Waals surface area contributed by atoms with E-state index in [4.69, 9.17) is 5.11 Å². The number of hydrogen-bond acceptors (Lipinski definition) is 3. The topological polar surface area (TPSA) is 92.4 Å². The Morgan fingerprint density at radius 2 is 2.00 bits per heavy atom. The number of aliphatic hydroxyl groups excluding tert-OH is 1. The number of rotatable bonds is 1. The van der Waals surface area contributed by atoms with E-state index < -0.39 is 18.5 Å². The van der Waals surface area contributed by atoms with Crippen molar-refractivity contribution in [2.75, 3.05) is 6.61 Å². The Morgan fingerprint density at radius 1 is 1.56 bits per heavy atom. The summed E-state index contributed by atoms with van der Waals surface area (Å²) in [6.07, 6.45) is 0. The van der Waals surface area contributed by atoms with Gasteiger partial charge >= 0.3 is 35.6 Å². The van der Waals surface area contributed by atoms with Crippen molar-refractivity contribution in [1.29, 1.82) is 0 Å². The summed E-state index contributed by atoms with van der Waals surface area (Å²) in [4.78, 5) is 19.7. The van der Waals surface area contributed by atoms with E-state index in [0.29, 0.717) is 0 Å². The Kier molecular flexibility index (Phi) is 7.81. The maximum absolute atomic E-state index is 9.96. The Morgan fingerprint density at radius 3 is 2.11 bits per heavy atom. The molecular weight excluding hydrogens is 135 g/mol. The van der Waals surface area contributed by atoms with Gasteiger partial charge in [-0.3, -0.25) is 10.1 Å². The first-order chi connectivity index (χ1) is 3.66. The van der Waals surface area contributed by atoms with Crippen LogP contribution in [0, 0.1) is 0 Å². The fourth-order valence-corrected chi connectivity index (χ4v) is 0.177. The molecule has 5 nitrogen and oxygen atoms in total. The van der Waals surface area contributed by atoms with Crippen molar-refractivity contribution in [2.24, 2.45) is 5.73 Å². The molecule has 0 aliphatic carbocycles. The molecule has 48 valence electrons. The van der Waals surface area contributed by atoms with Gasteiger partial charge in [-0.25, -0.2) is 4.79 Å². The van der Waals surface area contributed by atoms with Crippen LogP contribution in [0.4, 0.5) is 4.79 Å². The minimum absolute atomic E-state index is 0. The van der Waals surface area contributed by atoms with Crippen molar-refractivity contribution in [3.8, 4) is 0 Å². The van der Waals surface area contributed by atoms with Crippen LogP contribution in [0.25, 0.3) is 0 Å². The molecule has 0 atom stereocenters. The molecule has 0 fully saturated rings. The molecule has 0 aromatic heterocycles. The summed E-state index contributed by atoms with van der Waals surface area (Å²) in [6.45, 7) is -0.719. The van der Waals surface area contributed by atoms with E-state index in [9.17, 15) is 9.59 Å². The van der Waals surface area contributed by atoms with Gasteiger partial charge in [0.05, 0.1) is 0 Å². The van der Waals surface area contributed by atoms with E-state index >= 15 is 0 Å². The number of nitrogens with one attached hydrogen (secondary N) is 1. The fraction of sp³-hybridized carbons (Fsp3) is 0.333. The number of imide groups is 1. The average molecular weight is 142 g/mol. The van der Waals surface area contributed by atoms with Crippen LogP contribution in [-0.2, 0) is 4.79 Å². The fourth-order valence-electron chi connectivity index (χ4n) is 0.177. The van der Waals surface area contributed by atoms with Gasteiger partial charge in [-0.1, -0.05) is 0 Å². The molecule has 0 aromatic rings. The third kappa shape index (κ3) is 7.90. The van der Waals surface area contributed by atoms with E-state index in [-0.39, 0.29) is 29.6 Å². The molecule has 0 aliphatic rings. The van der Waals surface area contributed by atoms with Crippen molar-refractivity contribution >= 4 is 41.5 Å². The molecule has 0 heterocycles. The summed E-state index contributed by atoms with van der Waals surface area (Å²) in [5, 5.41) is 9.61. The van der Waals surface area contributed by atoms with Crippen LogP contribution in [0.1, 0.15) is 0 Å². The number of aliphatic hydroxyl groups is 1. The minimum atomic E-state index is -0.955. The summed E-state index contributed by atoms with van der Waals surface area (Å²) < 4.78 is 0. The molecule has 6 heteroatoms. The first-order valence-corrected chi connectivity index (χ1v) is 1.87. The first-order valence-electron chi connectivity index (χ1n) is 1.87. The summed E-state index contributed by atoms with van der Waals surface area (Å²) in [6, 6.07) is -0.955. The van der Waals surface area contributed by atoms with Gasteiger partial charge in [-0.2, -0.15) is 0 Å². The molecule has 0 aliphatic heterocycles. The molecule has 0 saturated heterocycles. The molecule has 0 aromatic carbocycles. The van der Waals surface area contributed by atoms with Gasteiger partial charge in [0.25, 0.3) is 5.91 Å². The second-order valence-electron chi connectivity index (χ2n) is 1.07. The summed E-state index contributed by atoms with van der Waals surface area (Å²) in [5.41, 5.74) is 4.49. The number of primary amides is 1. The third-order valence-electron chi connectivity index (χ3n) is 0.406. The van der Waals surface area contributed by atoms with E-state index in [1.54, 1.807) is 5.32 Å². The van der Waals surface area contributed by atoms with Gasteiger partial charge < -0.3 is 10.8 Å². The summed E-state index contributed by atoms with van der Waals surface area (Å²) in [7, 11) is 0. The number of nitrogens with two attached hydrogens (primary N) is 1. The number of urea groups is 1. The molecule has 9 heavy (non-hydrogen) atoms. The van der Waals surface area contributed by atoms with Crippen molar-refractivity contribution in [3.05, 3.63) is 0 Å². The Hall–Kier alpha value is -0.100. The number of carbonyl (C=O) groups is 2. The normalized spacial score (nSPS) is 7.22. The van der Waals surface area contributed by atoms with E-state index in [1.807, 2.05) is 0 Å². The van der Waals surface area contributed by atoms with Crippen molar-refractivity contribution in [3.63, 3.8) is 0 Å². The molecule has 4 N–H and O–H groups in total. The average Bonchev–Trinajstić information content (AvgIpc) is 1.65. The molecule has 0 unspecified atom stereocenters. The predicted molar refractivity (Wildman–Crippen MR) is 32.0 cm³/mol. The zero-order chi connectivity index (χ0) is 6.57. The van der Waals surface area contributed by atoms with Gasteiger partial charge in [-0.15, -0.1) is 0 Å². The van der Waals surface area contributed by atoms with Crippen molar-refractivity contribution in [2.45, 2.75) is 0 Å². The molecule has 0 rings (SSSR count). The zero-order valence-corrected chi connectivity index (χ0v) is 4.05. The van der Waals surface area contributed by atoms with Crippen LogP contribution < -0.4 is 11.1 Å². The van der Waals surface area contributed by atoms with Crippen LogP contribution in [0.15, 0.2) is 0 Å². The van der Waals surface area contributed by atoms with Gasteiger partial charge in [0.15, 0.2) is 0 Å². The van der Waals surface area contributed by atoms with Crippen molar-refractivity contribution < 1.29 is 14.7 Å². The number of carbonyl (C=O) groups excluding carboxylic acids is 2. The quantitative estimate of drug-likeness (QED) is 0.354. The molecule has 3 amide bonds. The van der Waals surface area contributed by atoms with Crippen LogP contribution in [0.2, 0.25) is 0 Å². The van der Waals surface area contributed by atoms with Gasteiger partial charge in [0.2, 0.25) is 0 Å². The second-order valence-corrected chi connectivity index (χ2v) is 1.07. The molecule has 0 bridgehead atoms. The Bertz CT molecular complexity index is 116. The Balaban J connectivity index is 0. The SMILES string of the molecule is NC(=O)NC(=O)CO.[NaH]. The summed E-state index contributed by atoms with van der Waals surface area (Å²) in [5.74, 6) is -0.794. The van der Waals surface area contributed by atoms with E-state index in [1.165, 1.54) is 0 Å². The first kappa shape index (κ1) is 11.7. The van der Waals surface area contributed by atoms with Crippen LogP contribution >= 0.6 is 0 Å². The van der Waals surface area contributed by atoms with Crippen LogP contribution in [0.5, 0.6) is 0 Å². The van der Waals surface area contributed by atoms with Gasteiger partial charge in [0, 0.05) is 0 Å². The second kappa shape index (κ2) is 6.03. The molecule has 0 saturated carbocycles. The molecular formula is C3H7N2NaO3. The monoisotopic (exact) mass is 142 g/mol. The van der Waals surface area contributed by atoms with Crippen molar-refractivity contribution in [1.82, 2.24) is 5.32 Å². The van der Waals surface area contributed by atoms with Crippen LogP contribution in [0.3, 0.4) is 0 Å².